The van der Waals surface area contributed by atoms with Gasteiger partial charge in [0.15, 0.2) is 6.10 Å². The Bertz CT molecular complexity index is 447. The molecule has 4 heteroatoms. The maximum absolute atomic E-state index is 12.1. The molecule has 0 saturated carbocycles. The van der Waals surface area contributed by atoms with E-state index in [0.29, 0.717) is 11.6 Å². The Hall–Kier alpha value is -1.06. The molecule has 2 rings (SSSR count). The SMILES string of the molecule is CC(C)(C)OC(=O)[C@@H]1OCC[C@H]1c1ccc(Cl)cc1. The molecule has 0 radical (unpaired) electrons. The van der Waals surface area contributed by atoms with Gasteiger partial charge in [0, 0.05) is 17.5 Å². The predicted molar refractivity (Wildman–Crippen MR) is 74.4 cm³/mol. The first kappa shape index (κ1) is 14.4. The zero-order chi connectivity index (χ0) is 14.0. The zero-order valence-corrected chi connectivity index (χ0v) is 12.2. The second kappa shape index (κ2) is 5.51. The van der Waals surface area contributed by atoms with Crippen molar-refractivity contribution in [2.24, 2.45) is 0 Å². The van der Waals surface area contributed by atoms with E-state index in [9.17, 15) is 4.79 Å². The minimum absolute atomic E-state index is 0.0483. The molecule has 0 bridgehead atoms. The van der Waals surface area contributed by atoms with Gasteiger partial charge in [0.25, 0.3) is 0 Å². The monoisotopic (exact) mass is 282 g/mol. The summed E-state index contributed by atoms with van der Waals surface area (Å²) in [6.07, 6.45) is 0.311. The lowest BCUT2D eigenvalue weighted by molar-refractivity contribution is -0.166. The summed E-state index contributed by atoms with van der Waals surface area (Å²) in [4.78, 5) is 12.1. The molecule has 1 fully saturated rings. The van der Waals surface area contributed by atoms with Crippen molar-refractivity contribution in [3.05, 3.63) is 34.9 Å². The number of halogens is 1. The van der Waals surface area contributed by atoms with Crippen LogP contribution in [0.4, 0.5) is 0 Å². The van der Waals surface area contributed by atoms with Gasteiger partial charge >= 0.3 is 5.97 Å². The molecule has 1 saturated heterocycles. The number of esters is 1. The lowest BCUT2D eigenvalue weighted by Crippen LogP contribution is -2.34. The minimum Gasteiger partial charge on any atom is -0.458 e. The molecule has 1 aromatic carbocycles. The summed E-state index contributed by atoms with van der Waals surface area (Å²) in [6.45, 7) is 6.16. The molecule has 0 aliphatic carbocycles. The average molecular weight is 283 g/mol. The van der Waals surface area contributed by atoms with Gasteiger partial charge in [-0.2, -0.15) is 0 Å². The Kier molecular flexibility index (Phi) is 4.16. The first-order chi connectivity index (χ1) is 8.87. The van der Waals surface area contributed by atoms with Crippen molar-refractivity contribution in [1.29, 1.82) is 0 Å². The van der Waals surface area contributed by atoms with Crippen molar-refractivity contribution in [3.8, 4) is 0 Å². The smallest absolute Gasteiger partial charge is 0.336 e. The molecule has 0 aromatic heterocycles. The van der Waals surface area contributed by atoms with E-state index in [4.69, 9.17) is 21.1 Å². The van der Waals surface area contributed by atoms with Gasteiger partial charge in [-0.3, -0.25) is 0 Å². The topological polar surface area (TPSA) is 35.5 Å². The number of carbonyl (C=O) groups excluding carboxylic acids is 1. The van der Waals surface area contributed by atoms with Crippen molar-refractivity contribution in [3.63, 3.8) is 0 Å². The van der Waals surface area contributed by atoms with Crippen molar-refractivity contribution in [2.45, 2.75) is 44.8 Å². The predicted octanol–water partition coefficient (Wildman–Crippen LogP) is 3.55. The minimum atomic E-state index is -0.514. The number of hydrogen-bond acceptors (Lipinski definition) is 3. The second-order valence-electron chi connectivity index (χ2n) is 5.77. The fourth-order valence-electron chi connectivity index (χ4n) is 2.23. The van der Waals surface area contributed by atoms with Crippen LogP contribution in [0.2, 0.25) is 5.02 Å². The van der Waals surface area contributed by atoms with Crippen LogP contribution >= 0.6 is 11.6 Å². The molecule has 1 aliphatic heterocycles. The van der Waals surface area contributed by atoms with Gasteiger partial charge in [-0.1, -0.05) is 23.7 Å². The third-order valence-corrected chi connectivity index (χ3v) is 3.28. The molecule has 0 unspecified atom stereocenters. The highest BCUT2D eigenvalue weighted by molar-refractivity contribution is 6.30. The van der Waals surface area contributed by atoms with Crippen LogP contribution < -0.4 is 0 Å². The Labute approximate surface area is 118 Å². The molecule has 0 N–H and O–H groups in total. The number of carbonyl (C=O) groups is 1. The van der Waals surface area contributed by atoms with Crippen molar-refractivity contribution >= 4 is 17.6 Å². The molecule has 3 nitrogen and oxygen atoms in total. The first-order valence-corrected chi connectivity index (χ1v) is 6.84. The fourth-order valence-corrected chi connectivity index (χ4v) is 2.36. The largest absolute Gasteiger partial charge is 0.458 e. The van der Waals surface area contributed by atoms with E-state index in [1.54, 1.807) is 0 Å². The van der Waals surface area contributed by atoms with Gasteiger partial charge in [-0.25, -0.2) is 4.79 Å². The molecule has 1 aliphatic rings. The fraction of sp³-hybridized carbons (Fsp3) is 0.533. The van der Waals surface area contributed by atoms with Crippen LogP contribution in [-0.2, 0) is 14.3 Å². The third-order valence-electron chi connectivity index (χ3n) is 3.03. The van der Waals surface area contributed by atoms with Crippen molar-refractivity contribution in [2.75, 3.05) is 6.61 Å². The van der Waals surface area contributed by atoms with Crippen molar-refractivity contribution in [1.82, 2.24) is 0 Å². The van der Waals surface area contributed by atoms with Crippen LogP contribution in [0, 0.1) is 0 Å². The highest BCUT2D eigenvalue weighted by Gasteiger charge is 2.37. The van der Waals surface area contributed by atoms with Crippen LogP contribution in [0.5, 0.6) is 0 Å². The van der Waals surface area contributed by atoms with Gasteiger partial charge in [0.05, 0.1) is 0 Å². The van der Waals surface area contributed by atoms with E-state index in [-0.39, 0.29) is 11.9 Å². The van der Waals surface area contributed by atoms with Crippen molar-refractivity contribution < 1.29 is 14.3 Å². The van der Waals surface area contributed by atoms with E-state index in [1.807, 2.05) is 45.0 Å². The quantitative estimate of drug-likeness (QED) is 0.778. The van der Waals surface area contributed by atoms with E-state index >= 15 is 0 Å². The average Bonchev–Trinajstić information content (AvgIpc) is 2.76. The number of ether oxygens (including phenoxy) is 2. The maximum Gasteiger partial charge on any atom is 0.336 e. The first-order valence-electron chi connectivity index (χ1n) is 6.47. The maximum atomic E-state index is 12.1. The number of hydrogen-bond donors (Lipinski definition) is 0. The van der Waals surface area contributed by atoms with Gasteiger partial charge in [-0.05, 0) is 44.9 Å². The molecule has 104 valence electrons. The summed E-state index contributed by atoms with van der Waals surface area (Å²) >= 11 is 5.88. The van der Waals surface area contributed by atoms with Gasteiger partial charge in [0.2, 0.25) is 0 Å². The third kappa shape index (κ3) is 3.71. The Morgan fingerprint density at radius 3 is 2.53 bits per heavy atom. The Morgan fingerprint density at radius 2 is 1.95 bits per heavy atom. The Morgan fingerprint density at radius 1 is 1.32 bits per heavy atom. The van der Waals surface area contributed by atoms with E-state index in [1.165, 1.54) is 0 Å². The number of rotatable bonds is 2. The molecule has 1 aromatic rings. The Balaban J connectivity index is 2.12. The van der Waals surface area contributed by atoms with Crippen LogP contribution in [-0.4, -0.2) is 24.3 Å². The van der Waals surface area contributed by atoms with Crippen LogP contribution in [0.3, 0.4) is 0 Å². The summed E-state index contributed by atoms with van der Waals surface area (Å²) < 4.78 is 11.0. The summed E-state index contributed by atoms with van der Waals surface area (Å²) in [5.41, 5.74) is 0.575. The molecule has 0 spiro atoms. The summed E-state index contributed by atoms with van der Waals surface area (Å²) in [7, 11) is 0. The highest BCUT2D eigenvalue weighted by atomic mass is 35.5. The molecular weight excluding hydrogens is 264 g/mol. The van der Waals surface area contributed by atoms with Crippen LogP contribution in [0.15, 0.2) is 24.3 Å². The standard InChI is InChI=1S/C15H19ClO3/c1-15(2,3)19-14(17)13-12(8-9-18-13)10-4-6-11(16)7-5-10/h4-7,12-13H,8-9H2,1-3H3/t12-,13+/m0/s1. The van der Waals surface area contributed by atoms with E-state index < -0.39 is 11.7 Å². The van der Waals surface area contributed by atoms with E-state index in [2.05, 4.69) is 0 Å². The summed E-state index contributed by atoms with van der Waals surface area (Å²) in [6, 6.07) is 7.56. The normalized spacial score (nSPS) is 23.4. The number of benzene rings is 1. The second-order valence-corrected chi connectivity index (χ2v) is 6.21. The molecule has 1 heterocycles. The summed E-state index contributed by atoms with van der Waals surface area (Å²) in [5, 5.41) is 0.691. The highest BCUT2D eigenvalue weighted by Crippen LogP contribution is 2.33. The molecular formula is C15H19ClO3. The lowest BCUT2D eigenvalue weighted by Gasteiger charge is -2.24. The molecule has 19 heavy (non-hydrogen) atoms. The molecule has 2 atom stereocenters. The summed E-state index contributed by atoms with van der Waals surface area (Å²) in [5.74, 6) is -0.239. The van der Waals surface area contributed by atoms with Gasteiger partial charge < -0.3 is 9.47 Å². The van der Waals surface area contributed by atoms with E-state index in [0.717, 1.165) is 12.0 Å². The van der Waals surface area contributed by atoms with Gasteiger partial charge in [0.1, 0.15) is 5.60 Å². The molecule has 0 amide bonds. The van der Waals surface area contributed by atoms with Crippen LogP contribution in [0.25, 0.3) is 0 Å². The lowest BCUT2D eigenvalue weighted by atomic mass is 9.92. The van der Waals surface area contributed by atoms with Gasteiger partial charge in [-0.15, -0.1) is 0 Å². The zero-order valence-electron chi connectivity index (χ0n) is 11.5. The van der Waals surface area contributed by atoms with Crippen LogP contribution in [0.1, 0.15) is 38.7 Å².